The molecule has 9 nitrogen and oxygen atoms in total. The van der Waals surface area contributed by atoms with Gasteiger partial charge < -0.3 is 24.9 Å². The molecule has 0 saturated heterocycles. The minimum Gasteiger partial charge on any atom is -0.458 e. The minimum absolute atomic E-state index is 0.0705. The van der Waals surface area contributed by atoms with Crippen molar-refractivity contribution >= 4 is 34.6 Å². The summed E-state index contributed by atoms with van der Waals surface area (Å²) < 4.78 is 11.8. The Morgan fingerprint density at radius 1 is 1.22 bits per heavy atom. The van der Waals surface area contributed by atoms with Crippen molar-refractivity contribution in [3.05, 3.63) is 62.9 Å². The number of rotatable bonds is 2. The molecule has 0 bridgehead atoms. The fourth-order valence-corrected chi connectivity index (χ4v) is 4.48. The Balaban J connectivity index is 0.00000148. The number of aromatic nitrogens is 2. The van der Waals surface area contributed by atoms with E-state index >= 15 is 0 Å². The van der Waals surface area contributed by atoms with Gasteiger partial charge in [-0.1, -0.05) is 32.0 Å². The second-order valence-corrected chi connectivity index (χ2v) is 9.29. The van der Waals surface area contributed by atoms with E-state index in [4.69, 9.17) is 20.2 Å². The smallest absolute Gasteiger partial charge is 0.340 e. The van der Waals surface area contributed by atoms with Gasteiger partial charge in [-0.15, -0.1) is 0 Å². The molecule has 9 heteroatoms. The summed E-state index contributed by atoms with van der Waals surface area (Å²) in [7, 11) is 0. The minimum atomic E-state index is -1.64. The number of carbonyl (C=O) groups excluding carboxylic acids is 2. The van der Waals surface area contributed by atoms with E-state index in [1.165, 1.54) is 10.6 Å². The van der Waals surface area contributed by atoms with Crippen LogP contribution in [0.5, 0.6) is 0 Å². The Morgan fingerprint density at radius 3 is 2.61 bits per heavy atom. The normalized spacial score (nSPS) is 16.1. The Kier molecular flexibility index (Phi) is 6.44. The number of esters is 2. The SMILES string of the molecule is CC.CC(C)(C)OC(=O)/C=C/c1c2c(nc3ccccc13)-c1c(N)c3c(c(=O)n1C2)COC(=O)C3O. The lowest BCUT2D eigenvalue weighted by Gasteiger charge is -2.23. The van der Waals surface area contributed by atoms with Crippen LogP contribution in [0.1, 0.15) is 63.0 Å². The summed E-state index contributed by atoms with van der Waals surface area (Å²) >= 11 is 0. The van der Waals surface area contributed by atoms with Gasteiger partial charge in [-0.3, -0.25) is 4.79 Å². The molecule has 188 valence electrons. The third kappa shape index (κ3) is 4.15. The number of carbonyl (C=O) groups is 2. The summed E-state index contributed by atoms with van der Waals surface area (Å²) in [6.07, 6.45) is 1.37. The number of hydrogen-bond acceptors (Lipinski definition) is 8. The Hall–Kier alpha value is -3.98. The maximum absolute atomic E-state index is 13.3. The lowest BCUT2D eigenvalue weighted by molar-refractivity contribution is -0.157. The molecule has 1 atom stereocenters. The summed E-state index contributed by atoms with van der Waals surface area (Å²) in [5.41, 5.74) is 8.56. The fraction of sp³-hybridized carbons (Fsp3) is 0.333. The zero-order valence-electron chi connectivity index (χ0n) is 20.9. The number of aliphatic hydroxyl groups excluding tert-OH is 1. The van der Waals surface area contributed by atoms with E-state index in [-0.39, 0.29) is 30.0 Å². The van der Waals surface area contributed by atoms with Gasteiger partial charge in [0.05, 0.1) is 34.7 Å². The van der Waals surface area contributed by atoms with Gasteiger partial charge in [0.1, 0.15) is 12.2 Å². The molecule has 5 rings (SSSR count). The summed E-state index contributed by atoms with van der Waals surface area (Å²) in [6, 6.07) is 7.40. The van der Waals surface area contributed by atoms with Crippen LogP contribution < -0.4 is 11.3 Å². The van der Waals surface area contributed by atoms with E-state index in [9.17, 15) is 19.5 Å². The number of nitrogen functional groups attached to an aromatic ring is 1. The van der Waals surface area contributed by atoms with E-state index in [0.717, 1.165) is 5.39 Å². The zero-order chi connectivity index (χ0) is 26.4. The first-order valence-electron chi connectivity index (χ1n) is 11.8. The average molecular weight is 492 g/mol. The van der Waals surface area contributed by atoms with E-state index in [2.05, 4.69) is 0 Å². The highest BCUT2D eigenvalue weighted by Gasteiger charge is 2.37. The number of anilines is 1. The van der Waals surface area contributed by atoms with Gasteiger partial charge >= 0.3 is 11.9 Å². The molecule has 0 spiro atoms. The van der Waals surface area contributed by atoms with Crippen LogP contribution >= 0.6 is 0 Å². The van der Waals surface area contributed by atoms with Gasteiger partial charge in [-0.05, 0) is 38.5 Å². The molecule has 3 aromatic rings. The molecular weight excluding hydrogens is 462 g/mol. The topological polar surface area (TPSA) is 134 Å². The first-order chi connectivity index (χ1) is 17.1. The number of pyridine rings is 2. The molecule has 2 aliphatic heterocycles. The zero-order valence-corrected chi connectivity index (χ0v) is 20.9. The molecule has 0 aliphatic carbocycles. The summed E-state index contributed by atoms with van der Waals surface area (Å²) in [5.74, 6) is -1.35. The van der Waals surface area contributed by atoms with E-state index in [1.54, 1.807) is 26.8 Å². The number of nitrogens with zero attached hydrogens (tertiary/aromatic N) is 2. The predicted molar refractivity (Wildman–Crippen MR) is 136 cm³/mol. The number of hydrogen-bond donors (Lipinski definition) is 2. The van der Waals surface area contributed by atoms with E-state index in [0.29, 0.717) is 28.0 Å². The number of fused-ring (bicyclic) bond motifs is 5. The number of nitrogens with two attached hydrogens (primary N) is 1. The van der Waals surface area contributed by atoms with Crippen molar-refractivity contribution in [1.82, 2.24) is 9.55 Å². The molecule has 1 aromatic carbocycles. The van der Waals surface area contributed by atoms with Crippen molar-refractivity contribution in [3.8, 4) is 11.4 Å². The lowest BCUT2D eigenvalue weighted by Crippen LogP contribution is -2.33. The second-order valence-electron chi connectivity index (χ2n) is 9.29. The summed E-state index contributed by atoms with van der Waals surface area (Å²) in [5, 5.41) is 11.2. The molecule has 2 aromatic heterocycles. The molecule has 0 radical (unpaired) electrons. The number of aliphatic hydroxyl groups is 1. The monoisotopic (exact) mass is 491 g/mol. The van der Waals surface area contributed by atoms with E-state index < -0.39 is 29.2 Å². The highest BCUT2D eigenvalue weighted by Crippen LogP contribution is 2.42. The second kappa shape index (κ2) is 9.23. The number of benzene rings is 1. The predicted octanol–water partition coefficient (Wildman–Crippen LogP) is 3.48. The van der Waals surface area contributed by atoms with Crippen LogP contribution in [0.15, 0.2) is 35.1 Å². The number of ether oxygens (including phenoxy) is 2. The van der Waals surface area contributed by atoms with Crippen molar-refractivity contribution in [3.63, 3.8) is 0 Å². The van der Waals surface area contributed by atoms with Gasteiger partial charge in [0, 0.05) is 22.6 Å². The van der Waals surface area contributed by atoms with Crippen LogP contribution in [0.2, 0.25) is 0 Å². The molecule has 1 unspecified atom stereocenters. The molecule has 0 fully saturated rings. The Morgan fingerprint density at radius 2 is 1.92 bits per heavy atom. The highest BCUT2D eigenvalue weighted by molar-refractivity contribution is 5.98. The first kappa shape index (κ1) is 25.1. The van der Waals surface area contributed by atoms with Crippen molar-refractivity contribution in [2.45, 2.75) is 59.5 Å². The maximum atomic E-state index is 13.3. The van der Waals surface area contributed by atoms with Crippen molar-refractivity contribution < 1.29 is 24.2 Å². The number of cyclic esters (lactones) is 1. The number of para-hydroxylation sites is 1. The van der Waals surface area contributed by atoms with Crippen LogP contribution in [0.3, 0.4) is 0 Å². The maximum Gasteiger partial charge on any atom is 0.340 e. The largest absolute Gasteiger partial charge is 0.458 e. The first-order valence-corrected chi connectivity index (χ1v) is 11.8. The molecule has 4 heterocycles. The van der Waals surface area contributed by atoms with Crippen molar-refractivity contribution in [2.75, 3.05) is 5.73 Å². The van der Waals surface area contributed by atoms with Crippen LogP contribution in [0, 0.1) is 0 Å². The Labute approximate surface area is 208 Å². The third-order valence-electron chi connectivity index (χ3n) is 5.87. The molecule has 0 amide bonds. The van der Waals surface area contributed by atoms with Gasteiger partial charge in [-0.25, -0.2) is 14.6 Å². The highest BCUT2D eigenvalue weighted by atomic mass is 16.6. The molecule has 0 saturated carbocycles. The molecular formula is C27H29N3O6. The fourth-order valence-electron chi connectivity index (χ4n) is 4.48. The standard InChI is InChI=1S/C25H23N3O6.C2H6/c1-25(2,3)34-17(29)9-8-12-13-6-4-5-7-16(13)27-20-14(12)10-28-21(20)19(26)18-15(23(28)31)11-33-24(32)22(18)30;1-2/h4-9,22,30H,10-11,26H2,1-3H3;1-2H3/b9-8+;. The van der Waals surface area contributed by atoms with Crippen molar-refractivity contribution in [2.24, 2.45) is 0 Å². The van der Waals surface area contributed by atoms with Crippen LogP contribution in [-0.2, 0) is 32.2 Å². The molecule has 3 N–H and O–H groups in total. The van der Waals surface area contributed by atoms with Crippen LogP contribution in [-0.4, -0.2) is 32.2 Å². The van der Waals surface area contributed by atoms with Gasteiger partial charge in [-0.2, -0.15) is 0 Å². The molecule has 2 aliphatic rings. The average Bonchev–Trinajstić information content (AvgIpc) is 3.22. The Bertz CT molecular complexity index is 1480. The third-order valence-corrected chi connectivity index (χ3v) is 5.87. The quantitative estimate of drug-likeness (QED) is 0.322. The van der Waals surface area contributed by atoms with Crippen LogP contribution in [0.25, 0.3) is 28.4 Å². The molecule has 36 heavy (non-hydrogen) atoms. The van der Waals surface area contributed by atoms with Crippen LogP contribution in [0.4, 0.5) is 5.69 Å². The van der Waals surface area contributed by atoms with Gasteiger partial charge in [0.25, 0.3) is 5.56 Å². The van der Waals surface area contributed by atoms with Gasteiger partial charge in [0.2, 0.25) is 0 Å². The lowest BCUT2D eigenvalue weighted by atomic mass is 9.96. The summed E-state index contributed by atoms with van der Waals surface area (Å²) in [6.45, 7) is 9.26. The van der Waals surface area contributed by atoms with E-state index in [1.807, 2.05) is 38.1 Å². The van der Waals surface area contributed by atoms with Crippen molar-refractivity contribution in [1.29, 1.82) is 0 Å². The van der Waals surface area contributed by atoms with Gasteiger partial charge in [0.15, 0.2) is 6.10 Å². The summed E-state index contributed by atoms with van der Waals surface area (Å²) in [4.78, 5) is 42.3.